The van der Waals surface area contributed by atoms with Gasteiger partial charge >= 0.3 is 0 Å². The van der Waals surface area contributed by atoms with Gasteiger partial charge in [-0.15, -0.1) is 0 Å². The molecule has 0 saturated heterocycles. The van der Waals surface area contributed by atoms with Crippen LogP contribution in [0.5, 0.6) is 0 Å². The lowest BCUT2D eigenvalue weighted by Crippen LogP contribution is -2.47. The Morgan fingerprint density at radius 2 is 1.86 bits per heavy atom. The molecule has 2 aromatic rings. The van der Waals surface area contributed by atoms with Crippen molar-refractivity contribution >= 4 is 17.7 Å². The fourth-order valence-electron chi connectivity index (χ4n) is 4.31. The van der Waals surface area contributed by atoms with E-state index in [0.29, 0.717) is 49.7 Å². The van der Waals surface area contributed by atoms with Crippen molar-refractivity contribution in [3.8, 4) is 0 Å². The predicted molar refractivity (Wildman–Crippen MR) is 134 cm³/mol. The van der Waals surface area contributed by atoms with Crippen molar-refractivity contribution in [3.05, 3.63) is 45.9 Å². The van der Waals surface area contributed by atoms with Crippen LogP contribution in [0.1, 0.15) is 68.1 Å². The molecule has 0 aliphatic carbocycles. The molecule has 2 aromatic heterocycles. The van der Waals surface area contributed by atoms with E-state index < -0.39 is 6.04 Å². The van der Waals surface area contributed by atoms with Crippen LogP contribution in [-0.4, -0.2) is 73.0 Å². The van der Waals surface area contributed by atoms with E-state index in [1.54, 1.807) is 37.5 Å². The van der Waals surface area contributed by atoms with Crippen molar-refractivity contribution in [1.29, 1.82) is 0 Å². The Hall–Kier alpha value is -3.50. The summed E-state index contributed by atoms with van der Waals surface area (Å²) in [6.07, 6.45) is 2.81. The summed E-state index contributed by atoms with van der Waals surface area (Å²) in [4.78, 5) is 58.8. The molecule has 1 aliphatic rings. The van der Waals surface area contributed by atoms with Crippen molar-refractivity contribution in [1.82, 2.24) is 34.4 Å². The molecule has 0 unspecified atom stereocenters. The van der Waals surface area contributed by atoms with Crippen LogP contribution in [0.4, 0.5) is 0 Å². The van der Waals surface area contributed by atoms with Gasteiger partial charge in [0.15, 0.2) is 0 Å². The molecule has 0 fully saturated rings. The van der Waals surface area contributed by atoms with Gasteiger partial charge in [-0.05, 0) is 38.7 Å². The van der Waals surface area contributed by atoms with E-state index in [4.69, 9.17) is 0 Å². The highest BCUT2D eigenvalue weighted by atomic mass is 16.2. The van der Waals surface area contributed by atoms with Crippen LogP contribution < -0.4 is 10.9 Å². The zero-order chi connectivity index (χ0) is 26.6. The molecule has 3 rings (SSSR count). The molecular weight excluding hydrogens is 462 g/mol. The number of carbonyl (C=O) groups is 3. The lowest BCUT2D eigenvalue weighted by atomic mass is 10.0. The van der Waals surface area contributed by atoms with Crippen LogP contribution in [0, 0.1) is 12.8 Å². The minimum Gasteiger partial charge on any atom is -0.344 e. The quantitative estimate of drug-likeness (QED) is 0.679. The van der Waals surface area contributed by atoms with Crippen molar-refractivity contribution in [2.45, 2.75) is 65.6 Å². The molecule has 0 spiro atoms. The van der Waals surface area contributed by atoms with Crippen LogP contribution in [0.15, 0.2) is 23.1 Å². The monoisotopic (exact) mass is 499 g/mol. The number of pyridine rings is 1. The molecule has 2 atom stereocenters. The highest BCUT2D eigenvalue weighted by molar-refractivity contribution is 5.94. The molecule has 1 N–H and O–H groups in total. The van der Waals surface area contributed by atoms with Crippen molar-refractivity contribution in [3.63, 3.8) is 0 Å². The molecule has 11 heteroatoms. The number of carbonyl (C=O) groups excluding carboxylic acids is 3. The summed E-state index contributed by atoms with van der Waals surface area (Å²) in [7, 11) is 3.22. The van der Waals surface area contributed by atoms with Crippen LogP contribution in [-0.2, 0) is 23.2 Å². The van der Waals surface area contributed by atoms with E-state index in [0.717, 1.165) is 0 Å². The molecule has 0 aromatic carbocycles. The van der Waals surface area contributed by atoms with Crippen molar-refractivity contribution in [2.24, 2.45) is 13.0 Å². The second kappa shape index (κ2) is 11.5. The zero-order valence-corrected chi connectivity index (χ0v) is 22.0. The average molecular weight is 500 g/mol. The van der Waals surface area contributed by atoms with Crippen LogP contribution in [0.3, 0.4) is 0 Å². The molecule has 196 valence electrons. The van der Waals surface area contributed by atoms with Crippen LogP contribution in [0.25, 0.3) is 0 Å². The summed E-state index contributed by atoms with van der Waals surface area (Å²) in [6.45, 7) is 8.69. The minimum atomic E-state index is -0.657. The van der Waals surface area contributed by atoms with Gasteiger partial charge in [0, 0.05) is 45.9 Å². The lowest BCUT2D eigenvalue weighted by Gasteiger charge is -2.29. The molecule has 0 bridgehead atoms. The number of hydrogen-bond donors (Lipinski definition) is 1. The highest BCUT2D eigenvalue weighted by Gasteiger charge is 2.29. The maximum Gasteiger partial charge on any atom is 0.255 e. The first kappa shape index (κ1) is 27.1. The number of hydrogen-bond acceptors (Lipinski definition) is 6. The van der Waals surface area contributed by atoms with Crippen LogP contribution >= 0.6 is 0 Å². The number of nitrogens with one attached hydrogen (secondary N) is 1. The van der Waals surface area contributed by atoms with E-state index in [2.05, 4.69) is 29.2 Å². The Morgan fingerprint density at radius 3 is 2.53 bits per heavy atom. The standard InChI is InChI=1S/C25H37N7O4/c1-16(2)14-20-23-26-18(4)28-32(23)13-12-31(25(36)19-9-10-21(33)29(5)15-19)11-7-8-22(34)30(6)17(3)24(35)27-20/h9-10,15-17,20H,7-8,11-14H2,1-6H3,(H,27,35)/t17-,20+/m0/s1. The van der Waals surface area contributed by atoms with Gasteiger partial charge in [-0.3, -0.25) is 19.2 Å². The summed E-state index contributed by atoms with van der Waals surface area (Å²) in [5.74, 6) is 0.848. The molecule has 0 radical (unpaired) electrons. The van der Waals surface area contributed by atoms with E-state index in [-0.39, 0.29) is 41.7 Å². The van der Waals surface area contributed by atoms with Gasteiger partial charge in [-0.2, -0.15) is 5.10 Å². The number of aryl methyl sites for hydroxylation is 2. The maximum absolute atomic E-state index is 13.4. The van der Waals surface area contributed by atoms with Gasteiger partial charge in [0.05, 0.1) is 18.2 Å². The van der Waals surface area contributed by atoms with Gasteiger partial charge in [0.2, 0.25) is 17.4 Å². The highest BCUT2D eigenvalue weighted by Crippen LogP contribution is 2.21. The smallest absolute Gasteiger partial charge is 0.255 e. The molecule has 11 nitrogen and oxygen atoms in total. The Morgan fingerprint density at radius 1 is 1.14 bits per heavy atom. The number of amides is 3. The Labute approximate surface area is 211 Å². The Bertz CT molecular complexity index is 1170. The number of fused-ring (bicyclic) bond motifs is 1. The average Bonchev–Trinajstić information content (AvgIpc) is 3.20. The number of aromatic nitrogens is 4. The largest absolute Gasteiger partial charge is 0.344 e. The van der Waals surface area contributed by atoms with Gasteiger partial charge in [0.1, 0.15) is 17.7 Å². The first-order chi connectivity index (χ1) is 17.0. The second-order valence-corrected chi connectivity index (χ2v) is 9.87. The SMILES string of the molecule is Cc1nc2n(n1)CCN(C(=O)c1ccc(=O)n(C)c1)CCCC(=O)N(C)[C@@H](C)C(=O)N[C@@H]2CC(C)C. The molecule has 0 saturated carbocycles. The predicted octanol–water partition coefficient (Wildman–Crippen LogP) is 1.27. The molecule has 36 heavy (non-hydrogen) atoms. The van der Waals surface area contributed by atoms with Crippen molar-refractivity contribution in [2.75, 3.05) is 20.1 Å². The third-order valence-electron chi connectivity index (χ3n) is 6.52. The number of rotatable bonds is 3. The Kier molecular flexibility index (Phi) is 8.65. The van der Waals surface area contributed by atoms with Gasteiger partial charge in [-0.25, -0.2) is 9.67 Å². The zero-order valence-electron chi connectivity index (χ0n) is 22.0. The maximum atomic E-state index is 13.4. The topological polar surface area (TPSA) is 122 Å². The van der Waals surface area contributed by atoms with E-state index in [1.807, 2.05) is 0 Å². The third kappa shape index (κ3) is 6.38. The molecule has 3 heterocycles. The lowest BCUT2D eigenvalue weighted by molar-refractivity contribution is -0.138. The first-order valence-electron chi connectivity index (χ1n) is 12.4. The number of nitrogens with zero attached hydrogens (tertiary/aromatic N) is 6. The molecular formula is C25H37N7O4. The fraction of sp³-hybridized carbons (Fsp3) is 0.600. The van der Waals surface area contributed by atoms with E-state index in [9.17, 15) is 19.2 Å². The molecule has 1 aliphatic heterocycles. The second-order valence-electron chi connectivity index (χ2n) is 9.87. The normalized spacial score (nSPS) is 20.2. The number of likely N-dealkylation sites (N-methyl/N-ethyl adjacent to an activating group) is 1. The molecule has 3 amide bonds. The van der Waals surface area contributed by atoms with Gasteiger partial charge in [-0.1, -0.05) is 13.8 Å². The first-order valence-corrected chi connectivity index (χ1v) is 12.4. The summed E-state index contributed by atoms with van der Waals surface area (Å²) >= 11 is 0. The van der Waals surface area contributed by atoms with Crippen LogP contribution in [0.2, 0.25) is 0 Å². The third-order valence-corrected chi connectivity index (χ3v) is 6.52. The van der Waals surface area contributed by atoms with Crippen molar-refractivity contribution < 1.29 is 14.4 Å². The summed E-state index contributed by atoms with van der Waals surface area (Å²) in [5, 5.41) is 7.62. The summed E-state index contributed by atoms with van der Waals surface area (Å²) in [6, 6.07) is 1.85. The van der Waals surface area contributed by atoms with E-state index >= 15 is 0 Å². The van der Waals surface area contributed by atoms with E-state index in [1.165, 1.54) is 27.8 Å². The summed E-state index contributed by atoms with van der Waals surface area (Å²) in [5.41, 5.74) is 0.200. The van der Waals surface area contributed by atoms with Gasteiger partial charge in [0.25, 0.3) is 5.91 Å². The van der Waals surface area contributed by atoms with Gasteiger partial charge < -0.3 is 19.7 Å². The fourth-order valence-corrected chi connectivity index (χ4v) is 4.31. The minimum absolute atomic E-state index is 0.163. The summed E-state index contributed by atoms with van der Waals surface area (Å²) < 4.78 is 3.13. The Balaban J connectivity index is 1.97.